The Kier molecular flexibility index (Phi) is 3.64. The number of hydrogen-bond acceptors (Lipinski definition) is 3. The van der Waals surface area contributed by atoms with Gasteiger partial charge in [0.25, 0.3) is 0 Å². The fraction of sp³-hybridized carbons (Fsp3) is 0.667. The van der Waals surface area contributed by atoms with Gasteiger partial charge in [-0.1, -0.05) is 12.1 Å². The molecule has 1 aromatic rings. The summed E-state index contributed by atoms with van der Waals surface area (Å²) in [5.41, 5.74) is 4.44. The van der Waals surface area contributed by atoms with Crippen LogP contribution in [0.25, 0.3) is 0 Å². The molecule has 0 radical (unpaired) electrons. The standard InChI is InChI=1S/C18H27N3/c1-20-8-2-3-16-11-14(4-5-18(16)20)12-19-17-13-21-9-6-15(17)7-10-21/h4-5,11,15,17,19H,2-3,6-10,12-13H2,1H3. The minimum atomic E-state index is 0.714. The zero-order valence-corrected chi connectivity index (χ0v) is 13.1. The molecule has 1 unspecified atom stereocenters. The number of nitrogens with one attached hydrogen (secondary N) is 1. The highest BCUT2D eigenvalue weighted by atomic mass is 15.2. The van der Waals surface area contributed by atoms with E-state index < -0.39 is 0 Å². The lowest BCUT2D eigenvalue weighted by molar-refractivity contribution is 0.0720. The van der Waals surface area contributed by atoms with Crippen LogP contribution < -0.4 is 10.2 Å². The van der Waals surface area contributed by atoms with E-state index in [-0.39, 0.29) is 0 Å². The molecule has 1 atom stereocenters. The predicted octanol–water partition coefficient (Wildman–Crippen LogP) is 2.25. The van der Waals surface area contributed by atoms with Gasteiger partial charge in [-0.3, -0.25) is 0 Å². The smallest absolute Gasteiger partial charge is 0.0396 e. The summed E-state index contributed by atoms with van der Waals surface area (Å²) in [5.74, 6) is 0.916. The van der Waals surface area contributed by atoms with Crippen LogP contribution in [0.1, 0.15) is 30.4 Å². The number of nitrogens with zero attached hydrogens (tertiary/aromatic N) is 2. The maximum Gasteiger partial charge on any atom is 0.0396 e. The first-order valence-electron chi connectivity index (χ1n) is 8.58. The first-order chi connectivity index (χ1) is 10.3. The summed E-state index contributed by atoms with van der Waals surface area (Å²) < 4.78 is 0. The fourth-order valence-corrected chi connectivity index (χ4v) is 4.39. The first kappa shape index (κ1) is 13.6. The molecule has 5 rings (SSSR count). The van der Waals surface area contributed by atoms with Crippen LogP contribution in [0, 0.1) is 5.92 Å². The van der Waals surface area contributed by atoms with E-state index in [0.29, 0.717) is 6.04 Å². The molecule has 1 N–H and O–H groups in total. The van der Waals surface area contributed by atoms with Crippen molar-refractivity contribution in [3.63, 3.8) is 0 Å². The lowest BCUT2D eigenvalue weighted by Crippen LogP contribution is -2.55. The SMILES string of the molecule is CN1CCCc2cc(CNC3CN4CCC3CC4)ccc21. The van der Waals surface area contributed by atoms with E-state index >= 15 is 0 Å². The molecule has 0 aromatic heterocycles. The summed E-state index contributed by atoms with van der Waals surface area (Å²) >= 11 is 0. The normalized spacial score (nSPS) is 31.3. The van der Waals surface area contributed by atoms with Crippen molar-refractivity contribution in [2.75, 3.05) is 38.1 Å². The summed E-state index contributed by atoms with van der Waals surface area (Å²) in [7, 11) is 2.21. The molecule has 4 heterocycles. The molecule has 2 bridgehead atoms. The third kappa shape index (κ3) is 2.69. The second-order valence-electron chi connectivity index (χ2n) is 7.11. The van der Waals surface area contributed by atoms with Crippen LogP contribution in [-0.4, -0.2) is 44.2 Å². The Morgan fingerprint density at radius 2 is 2.05 bits per heavy atom. The monoisotopic (exact) mass is 285 g/mol. The zero-order chi connectivity index (χ0) is 14.2. The molecule has 0 amide bonds. The van der Waals surface area contributed by atoms with Gasteiger partial charge < -0.3 is 15.1 Å². The largest absolute Gasteiger partial charge is 0.374 e. The number of fused-ring (bicyclic) bond motifs is 4. The summed E-state index contributed by atoms with van der Waals surface area (Å²) in [5, 5.41) is 3.83. The second kappa shape index (κ2) is 5.62. The Labute approximate surface area is 128 Å². The number of benzene rings is 1. The molecule has 0 spiro atoms. The summed E-state index contributed by atoms with van der Waals surface area (Å²) in [6.45, 7) is 6.15. The van der Waals surface area contributed by atoms with Crippen molar-refractivity contribution in [1.29, 1.82) is 0 Å². The lowest BCUT2D eigenvalue weighted by atomic mass is 9.84. The highest BCUT2D eigenvalue weighted by Gasteiger charge is 2.33. The minimum absolute atomic E-state index is 0.714. The second-order valence-corrected chi connectivity index (χ2v) is 7.11. The summed E-state index contributed by atoms with van der Waals surface area (Å²) in [6.07, 6.45) is 5.33. The minimum Gasteiger partial charge on any atom is -0.374 e. The van der Waals surface area contributed by atoms with Crippen molar-refractivity contribution in [2.45, 2.75) is 38.3 Å². The van der Waals surface area contributed by atoms with Crippen molar-refractivity contribution in [3.8, 4) is 0 Å². The van der Waals surface area contributed by atoms with Gasteiger partial charge in [0.1, 0.15) is 0 Å². The summed E-state index contributed by atoms with van der Waals surface area (Å²) in [6, 6.07) is 7.78. The van der Waals surface area contributed by atoms with Gasteiger partial charge in [0.15, 0.2) is 0 Å². The van der Waals surface area contributed by atoms with Crippen molar-refractivity contribution in [3.05, 3.63) is 29.3 Å². The van der Waals surface area contributed by atoms with Gasteiger partial charge in [0, 0.05) is 38.4 Å². The van der Waals surface area contributed by atoms with Gasteiger partial charge in [0.2, 0.25) is 0 Å². The van der Waals surface area contributed by atoms with Crippen LogP contribution in [0.3, 0.4) is 0 Å². The van der Waals surface area contributed by atoms with Gasteiger partial charge in [-0.15, -0.1) is 0 Å². The average molecular weight is 285 g/mol. The van der Waals surface area contributed by atoms with E-state index in [1.807, 2.05) is 0 Å². The Morgan fingerprint density at radius 3 is 2.81 bits per heavy atom. The molecule has 4 aliphatic heterocycles. The number of aryl methyl sites for hydroxylation is 1. The fourth-order valence-electron chi connectivity index (χ4n) is 4.39. The summed E-state index contributed by atoms with van der Waals surface area (Å²) in [4.78, 5) is 5.02. The number of rotatable bonds is 3. The van der Waals surface area contributed by atoms with E-state index in [2.05, 4.69) is 40.4 Å². The van der Waals surface area contributed by atoms with Crippen molar-refractivity contribution >= 4 is 5.69 Å². The van der Waals surface area contributed by atoms with E-state index in [0.717, 1.165) is 12.5 Å². The Hall–Kier alpha value is -1.06. The molecular formula is C18H27N3. The average Bonchev–Trinajstić information content (AvgIpc) is 2.54. The van der Waals surface area contributed by atoms with Crippen molar-refractivity contribution in [2.24, 2.45) is 5.92 Å². The molecule has 3 nitrogen and oxygen atoms in total. The molecule has 1 aromatic carbocycles. The van der Waals surface area contributed by atoms with Crippen LogP contribution in [0.4, 0.5) is 5.69 Å². The number of hydrogen-bond donors (Lipinski definition) is 1. The van der Waals surface area contributed by atoms with Crippen LogP contribution in [0.5, 0.6) is 0 Å². The van der Waals surface area contributed by atoms with Crippen LogP contribution >= 0.6 is 0 Å². The molecule has 114 valence electrons. The molecule has 3 fully saturated rings. The van der Waals surface area contributed by atoms with Crippen LogP contribution in [0.2, 0.25) is 0 Å². The predicted molar refractivity (Wildman–Crippen MR) is 87.8 cm³/mol. The van der Waals surface area contributed by atoms with Crippen LogP contribution in [-0.2, 0) is 13.0 Å². The molecule has 4 aliphatic rings. The third-order valence-electron chi connectivity index (χ3n) is 5.72. The maximum atomic E-state index is 3.83. The quantitative estimate of drug-likeness (QED) is 0.919. The van der Waals surface area contributed by atoms with Crippen LogP contribution in [0.15, 0.2) is 18.2 Å². The zero-order valence-electron chi connectivity index (χ0n) is 13.1. The maximum absolute atomic E-state index is 3.83. The van der Waals surface area contributed by atoms with E-state index in [9.17, 15) is 0 Å². The molecule has 21 heavy (non-hydrogen) atoms. The van der Waals surface area contributed by atoms with Gasteiger partial charge in [-0.25, -0.2) is 0 Å². The Morgan fingerprint density at radius 1 is 1.19 bits per heavy atom. The molecule has 0 aliphatic carbocycles. The first-order valence-corrected chi connectivity index (χ1v) is 8.58. The van der Waals surface area contributed by atoms with Gasteiger partial charge in [-0.2, -0.15) is 0 Å². The number of piperidine rings is 3. The highest BCUT2D eigenvalue weighted by molar-refractivity contribution is 5.56. The van der Waals surface area contributed by atoms with Crippen molar-refractivity contribution in [1.82, 2.24) is 10.2 Å². The molecule has 3 saturated heterocycles. The van der Waals surface area contributed by atoms with E-state index in [1.165, 1.54) is 68.7 Å². The van der Waals surface area contributed by atoms with Crippen molar-refractivity contribution < 1.29 is 0 Å². The van der Waals surface area contributed by atoms with E-state index in [1.54, 1.807) is 0 Å². The van der Waals surface area contributed by atoms with E-state index in [4.69, 9.17) is 0 Å². The van der Waals surface area contributed by atoms with Gasteiger partial charge >= 0.3 is 0 Å². The Balaban J connectivity index is 1.41. The van der Waals surface area contributed by atoms with Gasteiger partial charge in [0.05, 0.1) is 0 Å². The lowest BCUT2D eigenvalue weighted by Gasteiger charge is -2.45. The highest BCUT2D eigenvalue weighted by Crippen LogP contribution is 2.29. The molecular weight excluding hydrogens is 258 g/mol. The molecule has 3 heteroatoms. The van der Waals surface area contributed by atoms with Gasteiger partial charge in [-0.05, 0) is 61.9 Å². The number of anilines is 1. The third-order valence-corrected chi connectivity index (χ3v) is 5.72. The topological polar surface area (TPSA) is 18.5 Å². The Bertz CT molecular complexity index is 505. The molecule has 0 saturated carbocycles.